The van der Waals surface area contributed by atoms with Crippen molar-refractivity contribution in [3.8, 4) is 0 Å². The van der Waals surface area contributed by atoms with Crippen LogP contribution in [0.15, 0.2) is 30.3 Å². The number of rotatable bonds is 2. The van der Waals surface area contributed by atoms with Gasteiger partial charge in [0.05, 0.1) is 16.0 Å². The lowest BCUT2D eigenvalue weighted by atomic mass is 9.78. The summed E-state index contributed by atoms with van der Waals surface area (Å²) < 4.78 is 23.3. The highest BCUT2D eigenvalue weighted by Gasteiger charge is 2.66. The van der Waals surface area contributed by atoms with Gasteiger partial charge >= 0.3 is 0 Å². The van der Waals surface area contributed by atoms with E-state index in [0.717, 1.165) is 5.56 Å². The van der Waals surface area contributed by atoms with Crippen LogP contribution in [0.25, 0.3) is 0 Å². The van der Waals surface area contributed by atoms with Crippen molar-refractivity contribution < 1.29 is 8.42 Å². The van der Waals surface area contributed by atoms with Crippen LogP contribution in [0.4, 0.5) is 0 Å². The fraction of sp³-hybridized carbons (Fsp3) is 0.538. The van der Waals surface area contributed by atoms with Crippen LogP contribution in [0.2, 0.25) is 0 Å². The molecule has 1 heterocycles. The van der Waals surface area contributed by atoms with Crippen LogP contribution in [0.3, 0.4) is 0 Å². The molecule has 1 aromatic carbocycles. The smallest absolute Gasteiger partial charge is 0.159 e. The fourth-order valence-corrected chi connectivity index (χ4v) is 5.21. The topological polar surface area (TPSA) is 37.4 Å². The van der Waals surface area contributed by atoms with Crippen LogP contribution in [0, 0.1) is 0 Å². The van der Waals surface area contributed by atoms with Crippen molar-refractivity contribution in [1.82, 2.24) is 4.90 Å². The molecule has 1 aliphatic rings. The maximum atomic E-state index is 12.0. The van der Waals surface area contributed by atoms with Crippen molar-refractivity contribution >= 4 is 22.2 Å². The van der Waals surface area contributed by atoms with Crippen molar-refractivity contribution in [1.29, 1.82) is 0 Å². The van der Waals surface area contributed by atoms with Gasteiger partial charge in [0.2, 0.25) is 0 Å². The summed E-state index contributed by atoms with van der Waals surface area (Å²) >= 11 is 0. The van der Waals surface area contributed by atoms with E-state index >= 15 is 0 Å². The lowest BCUT2D eigenvalue weighted by Gasteiger charge is -2.58. The standard InChI is InChI=1S/C13H19NO2S.ClH/c1-12(2)13(14(3)4,10-17(12,15)16)11-8-6-5-7-9-11;/h5-9H,10H2,1-4H3;1H. The van der Waals surface area contributed by atoms with Crippen molar-refractivity contribution in [3.63, 3.8) is 0 Å². The zero-order chi connectivity index (χ0) is 12.9. The van der Waals surface area contributed by atoms with E-state index in [1.54, 1.807) is 0 Å². The lowest BCUT2D eigenvalue weighted by molar-refractivity contribution is 0.105. The predicted octanol–water partition coefficient (Wildman–Crippen LogP) is 2.07. The van der Waals surface area contributed by atoms with E-state index in [4.69, 9.17) is 0 Å². The second-order valence-electron chi connectivity index (χ2n) is 5.39. The maximum absolute atomic E-state index is 12.0. The third-order valence-corrected chi connectivity index (χ3v) is 6.88. The first kappa shape index (κ1) is 15.5. The van der Waals surface area contributed by atoms with Gasteiger partial charge in [0.15, 0.2) is 9.84 Å². The van der Waals surface area contributed by atoms with E-state index in [9.17, 15) is 8.42 Å². The number of hydrogen-bond donors (Lipinski definition) is 0. The summed E-state index contributed by atoms with van der Waals surface area (Å²) in [5, 5.41) is 0. The Hall–Kier alpha value is -0.580. The minimum Gasteiger partial charge on any atom is -0.298 e. The molecule has 0 aliphatic carbocycles. The first-order valence-electron chi connectivity index (χ1n) is 5.71. The average Bonchev–Trinajstić information content (AvgIpc) is 2.26. The van der Waals surface area contributed by atoms with E-state index in [0.29, 0.717) is 0 Å². The van der Waals surface area contributed by atoms with Gasteiger partial charge in [-0.25, -0.2) is 8.42 Å². The highest BCUT2D eigenvalue weighted by atomic mass is 35.5. The number of nitrogens with zero attached hydrogens (tertiary/aromatic N) is 1. The first-order chi connectivity index (χ1) is 7.76. The lowest BCUT2D eigenvalue weighted by Crippen LogP contribution is -2.73. The Kier molecular flexibility index (Phi) is 3.88. The van der Waals surface area contributed by atoms with Gasteiger partial charge in [0.1, 0.15) is 0 Å². The molecular weight excluding hydrogens is 270 g/mol. The molecule has 1 unspecified atom stereocenters. The monoisotopic (exact) mass is 289 g/mol. The summed E-state index contributed by atoms with van der Waals surface area (Å²) in [6.07, 6.45) is 0. The summed E-state index contributed by atoms with van der Waals surface area (Å²) in [6.45, 7) is 3.64. The third-order valence-electron chi connectivity index (χ3n) is 4.19. The minimum atomic E-state index is -3.00. The number of benzene rings is 1. The highest BCUT2D eigenvalue weighted by molar-refractivity contribution is 7.94. The summed E-state index contributed by atoms with van der Waals surface area (Å²) in [6, 6.07) is 9.89. The quantitative estimate of drug-likeness (QED) is 0.836. The van der Waals surface area contributed by atoms with Crippen LogP contribution in [-0.4, -0.2) is 37.9 Å². The Morgan fingerprint density at radius 3 is 1.94 bits per heavy atom. The zero-order valence-electron chi connectivity index (χ0n) is 11.2. The van der Waals surface area contributed by atoms with Crippen molar-refractivity contribution in [2.75, 3.05) is 19.8 Å². The van der Waals surface area contributed by atoms with Crippen molar-refractivity contribution in [2.45, 2.75) is 24.1 Å². The molecule has 0 spiro atoms. The van der Waals surface area contributed by atoms with Crippen LogP contribution in [-0.2, 0) is 15.4 Å². The third kappa shape index (κ3) is 1.70. The second-order valence-corrected chi connectivity index (χ2v) is 7.93. The SMILES string of the molecule is CN(C)C1(c2ccccc2)CS(=O)(=O)C1(C)C.Cl. The van der Waals surface area contributed by atoms with Gasteiger partial charge in [0, 0.05) is 0 Å². The molecule has 1 saturated heterocycles. The molecule has 3 nitrogen and oxygen atoms in total. The largest absolute Gasteiger partial charge is 0.298 e. The van der Waals surface area contributed by atoms with E-state index in [-0.39, 0.29) is 18.2 Å². The van der Waals surface area contributed by atoms with Gasteiger partial charge in [-0.15, -0.1) is 12.4 Å². The molecule has 0 radical (unpaired) electrons. The summed E-state index contributed by atoms with van der Waals surface area (Å²) in [5.41, 5.74) is 0.664. The normalized spacial score (nSPS) is 28.3. The molecule has 5 heteroatoms. The fourth-order valence-electron chi connectivity index (χ4n) is 2.88. The average molecular weight is 290 g/mol. The van der Waals surface area contributed by atoms with Crippen molar-refractivity contribution in [3.05, 3.63) is 35.9 Å². The molecule has 0 amide bonds. The molecule has 1 aromatic rings. The first-order valence-corrected chi connectivity index (χ1v) is 7.36. The van der Waals surface area contributed by atoms with Crippen LogP contribution >= 0.6 is 12.4 Å². The Morgan fingerprint density at radius 1 is 1.11 bits per heavy atom. The van der Waals surface area contributed by atoms with Crippen LogP contribution < -0.4 is 0 Å². The van der Waals surface area contributed by atoms with Gasteiger partial charge in [-0.05, 0) is 33.5 Å². The molecule has 102 valence electrons. The predicted molar refractivity (Wildman–Crippen MR) is 76.9 cm³/mol. The van der Waals surface area contributed by atoms with Gasteiger partial charge in [0.25, 0.3) is 0 Å². The molecule has 1 aliphatic heterocycles. The Labute approximate surface area is 116 Å². The summed E-state index contributed by atoms with van der Waals surface area (Å²) in [7, 11) is 0.894. The maximum Gasteiger partial charge on any atom is 0.159 e. The highest BCUT2D eigenvalue weighted by Crippen LogP contribution is 2.52. The molecule has 0 aromatic heterocycles. The van der Waals surface area contributed by atoms with E-state index in [1.165, 1.54) is 0 Å². The number of sulfone groups is 1. The molecule has 0 bridgehead atoms. The van der Waals surface area contributed by atoms with E-state index < -0.39 is 20.1 Å². The molecule has 0 N–H and O–H groups in total. The number of hydrogen-bond acceptors (Lipinski definition) is 3. The van der Waals surface area contributed by atoms with E-state index in [2.05, 4.69) is 0 Å². The van der Waals surface area contributed by atoms with Crippen molar-refractivity contribution in [2.24, 2.45) is 0 Å². The van der Waals surface area contributed by atoms with Crippen LogP contribution in [0.5, 0.6) is 0 Å². The Bertz CT molecular complexity index is 525. The molecule has 2 rings (SSSR count). The Balaban J connectivity index is 0.00000162. The van der Waals surface area contributed by atoms with E-state index in [1.807, 2.05) is 63.2 Å². The second kappa shape index (κ2) is 4.51. The minimum absolute atomic E-state index is 0. The molecule has 0 saturated carbocycles. The summed E-state index contributed by atoms with van der Waals surface area (Å²) in [4.78, 5) is 2.03. The van der Waals surface area contributed by atoms with Gasteiger partial charge in [-0.1, -0.05) is 30.3 Å². The Morgan fingerprint density at radius 2 is 1.61 bits per heavy atom. The molecular formula is C13H20ClNO2S. The molecule has 1 fully saturated rings. The van der Waals surface area contributed by atoms with Gasteiger partial charge < -0.3 is 0 Å². The van der Waals surface area contributed by atoms with Crippen LogP contribution in [0.1, 0.15) is 19.4 Å². The number of halogens is 1. The van der Waals surface area contributed by atoms with Gasteiger partial charge in [-0.3, -0.25) is 4.90 Å². The zero-order valence-corrected chi connectivity index (χ0v) is 12.8. The molecule has 18 heavy (non-hydrogen) atoms. The molecule has 1 atom stereocenters. The summed E-state index contributed by atoms with van der Waals surface area (Å²) in [5.74, 6) is 0.198. The van der Waals surface area contributed by atoms with Gasteiger partial charge in [-0.2, -0.15) is 0 Å².